The van der Waals surface area contributed by atoms with Crippen LogP contribution < -0.4 is 0 Å². The first-order chi connectivity index (χ1) is 6.18. The van der Waals surface area contributed by atoms with Crippen molar-refractivity contribution in [3.05, 3.63) is 35.8 Å². The Hall–Kier alpha value is -1.31. The van der Waals surface area contributed by atoms with Crippen LogP contribution in [0, 0.1) is 6.92 Å². The van der Waals surface area contributed by atoms with Crippen molar-refractivity contribution in [1.29, 1.82) is 0 Å². The molecule has 0 aliphatic carbocycles. The molecule has 0 N–H and O–H groups in total. The van der Waals surface area contributed by atoms with Gasteiger partial charge in [-0.1, -0.05) is 19.9 Å². The lowest BCUT2D eigenvalue weighted by Crippen LogP contribution is -1.85. The van der Waals surface area contributed by atoms with Crippen LogP contribution in [0.1, 0.15) is 31.0 Å². The monoisotopic (exact) mass is 174 g/mol. The van der Waals surface area contributed by atoms with Crippen molar-refractivity contribution in [2.45, 2.75) is 26.7 Å². The molecule has 2 aromatic rings. The fourth-order valence-corrected chi connectivity index (χ4v) is 1.45. The second-order valence-corrected chi connectivity index (χ2v) is 3.74. The van der Waals surface area contributed by atoms with Gasteiger partial charge in [-0.25, -0.2) is 4.98 Å². The van der Waals surface area contributed by atoms with Crippen LogP contribution in [0.15, 0.2) is 24.5 Å². The maximum Gasteiger partial charge on any atom is 0.139 e. The van der Waals surface area contributed by atoms with Gasteiger partial charge < -0.3 is 4.40 Å². The Morgan fingerprint density at radius 1 is 1.38 bits per heavy atom. The molecular formula is C11H14N2. The van der Waals surface area contributed by atoms with E-state index in [0.717, 1.165) is 11.3 Å². The van der Waals surface area contributed by atoms with E-state index in [2.05, 4.69) is 42.4 Å². The lowest BCUT2D eigenvalue weighted by molar-refractivity contribution is 0.834. The maximum absolute atomic E-state index is 4.57. The minimum absolute atomic E-state index is 0.499. The third-order valence-electron chi connectivity index (χ3n) is 2.29. The van der Waals surface area contributed by atoms with Gasteiger partial charge in [-0.05, 0) is 24.5 Å². The van der Waals surface area contributed by atoms with Crippen LogP contribution in [0.2, 0.25) is 0 Å². The highest BCUT2D eigenvalue weighted by atomic mass is 15.0. The SMILES string of the molecule is Cc1cccn2cc(C(C)C)nc12. The molecule has 2 rings (SSSR count). The molecule has 68 valence electrons. The number of hydrogen-bond acceptors (Lipinski definition) is 1. The molecule has 2 heterocycles. The van der Waals surface area contributed by atoms with Gasteiger partial charge in [0.15, 0.2) is 0 Å². The van der Waals surface area contributed by atoms with E-state index in [0.29, 0.717) is 5.92 Å². The molecule has 2 nitrogen and oxygen atoms in total. The van der Waals surface area contributed by atoms with Crippen LogP contribution in [-0.2, 0) is 0 Å². The van der Waals surface area contributed by atoms with Crippen molar-refractivity contribution < 1.29 is 0 Å². The molecule has 0 aliphatic heterocycles. The molecule has 0 radical (unpaired) electrons. The number of aryl methyl sites for hydroxylation is 1. The van der Waals surface area contributed by atoms with Gasteiger partial charge in [0.2, 0.25) is 0 Å². The van der Waals surface area contributed by atoms with E-state index in [9.17, 15) is 0 Å². The molecule has 13 heavy (non-hydrogen) atoms. The van der Waals surface area contributed by atoms with Gasteiger partial charge in [0.25, 0.3) is 0 Å². The topological polar surface area (TPSA) is 17.3 Å². The highest BCUT2D eigenvalue weighted by Gasteiger charge is 2.05. The Morgan fingerprint density at radius 3 is 2.77 bits per heavy atom. The first-order valence-corrected chi connectivity index (χ1v) is 4.62. The molecule has 0 amide bonds. The zero-order chi connectivity index (χ0) is 9.42. The largest absolute Gasteiger partial charge is 0.307 e. The van der Waals surface area contributed by atoms with Crippen molar-refractivity contribution in [2.24, 2.45) is 0 Å². The Balaban J connectivity index is 2.68. The summed E-state index contributed by atoms with van der Waals surface area (Å²) in [7, 11) is 0. The lowest BCUT2D eigenvalue weighted by atomic mass is 10.2. The summed E-state index contributed by atoms with van der Waals surface area (Å²) < 4.78 is 2.09. The van der Waals surface area contributed by atoms with Gasteiger partial charge in [0.1, 0.15) is 5.65 Å². The number of rotatable bonds is 1. The van der Waals surface area contributed by atoms with Crippen LogP contribution in [0.5, 0.6) is 0 Å². The molecule has 2 heteroatoms. The highest BCUT2D eigenvalue weighted by Crippen LogP contribution is 2.16. The third kappa shape index (κ3) is 1.32. The fourth-order valence-electron chi connectivity index (χ4n) is 1.45. The maximum atomic E-state index is 4.57. The van der Waals surface area contributed by atoms with Crippen molar-refractivity contribution in [3.63, 3.8) is 0 Å². The van der Waals surface area contributed by atoms with Gasteiger partial charge >= 0.3 is 0 Å². The van der Waals surface area contributed by atoms with Crippen LogP contribution in [0.3, 0.4) is 0 Å². The minimum atomic E-state index is 0.499. The average Bonchev–Trinajstić information content (AvgIpc) is 2.49. The fraction of sp³-hybridized carbons (Fsp3) is 0.364. The summed E-state index contributed by atoms with van der Waals surface area (Å²) in [5, 5.41) is 0. The number of imidazole rings is 1. The summed E-state index contributed by atoms with van der Waals surface area (Å²) in [4.78, 5) is 4.57. The molecule has 0 fully saturated rings. The van der Waals surface area contributed by atoms with E-state index in [4.69, 9.17) is 0 Å². The standard InChI is InChI=1S/C11H14N2/c1-8(2)10-7-13-6-4-5-9(3)11(13)12-10/h4-8H,1-3H3. The Labute approximate surface area is 78.2 Å². The first kappa shape index (κ1) is 8.30. The van der Waals surface area contributed by atoms with Crippen molar-refractivity contribution in [1.82, 2.24) is 9.38 Å². The Bertz CT molecular complexity index is 427. The predicted molar refractivity (Wildman–Crippen MR) is 54.0 cm³/mol. The highest BCUT2D eigenvalue weighted by molar-refractivity contribution is 5.48. The van der Waals surface area contributed by atoms with Crippen LogP contribution >= 0.6 is 0 Å². The molecule has 0 aromatic carbocycles. The average molecular weight is 174 g/mol. The molecule has 0 atom stereocenters. The molecular weight excluding hydrogens is 160 g/mol. The van der Waals surface area contributed by atoms with E-state index in [1.165, 1.54) is 5.56 Å². The molecule has 0 aliphatic rings. The van der Waals surface area contributed by atoms with Crippen LogP contribution in [-0.4, -0.2) is 9.38 Å². The van der Waals surface area contributed by atoms with E-state index < -0.39 is 0 Å². The lowest BCUT2D eigenvalue weighted by Gasteiger charge is -1.95. The van der Waals surface area contributed by atoms with Gasteiger partial charge in [0, 0.05) is 12.4 Å². The molecule has 0 unspecified atom stereocenters. The molecule has 0 bridgehead atoms. The number of pyridine rings is 1. The summed E-state index contributed by atoms with van der Waals surface area (Å²) >= 11 is 0. The predicted octanol–water partition coefficient (Wildman–Crippen LogP) is 2.77. The molecule has 2 aromatic heterocycles. The zero-order valence-corrected chi connectivity index (χ0v) is 8.28. The summed E-state index contributed by atoms with van der Waals surface area (Å²) in [6, 6.07) is 4.14. The van der Waals surface area contributed by atoms with E-state index in [1.807, 2.05) is 12.3 Å². The third-order valence-corrected chi connectivity index (χ3v) is 2.29. The van der Waals surface area contributed by atoms with Gasteiger partial charge in [-0.2, -0.15) is 0 Å². The van der Waals surface area contributed by atoms with E-state index in [1.54, 1.807) is 0 Å². The van der Waals surface area contributed by atoms with Crippen LogP contribution in [0.25, 0.3) is 5.65 Å². The zero-order valence-electron chi connectivity index (χ0n) is 8.28. The summed E-state index contributed by atoms with van der Waals surface area (Å²) in [5.41, 5.74) is 3.47. The van der Waals surface area contributed by atoms with Gasteiger partial charge in [-0.3, -0.25) is 0 Å². The Kier molecular flexibility index (Phi) is 1.83. The number of nitrogens with zero attached hydrogens (tertiary/aromatic N) is 2. The summed E-state index contributed by atoms with van der Waals surface area (Å²) in [6.45, 7) is 6.42. The van der Waals surface area contributed by atoms with Gasteiger partial charge in [0.05, 0.1) is 5.69 Å². The number of aromatic nitrogens is 2. The normalized spacial score (nSPS) is 11.4. The molecule has 0 saturated carbocycles. The van der Waals surface area contributed by atoms with Crippen molar-refractivity contribution >= 4 is 5.65 Å². The second-order valence-electron chi connectivity index (χ2n) is 3.74. The second kappa shape index (κ2) is 2.87. The number of hydrogen-bond donors (Lipinski definition) is 0. The van der Waals surface area contributed by atoms with E-state index in [-0.39, 0.29) is 0 Å². The van der Waals surface area contributed by atoms with Crippen LogP contribution in [0.4, 0.5) is 0 Å². The molecule has 0 saturated heterocycles. The van der Waals surface area contributed by atoms with Gasteiger partial charge in [-0.15, -0.1) is 0 Å². The quantitative estimate of drug-likeness (QED) is 0.649. The Morgan fingerprint density at radius 2 is 2.15 bits per heavy atom. The number of fused-ring (bicyclic) bond motifs is 1. The summed E-state index contributed by atoms with van der Waals surface area (Å²) in [6.07, 6.45) is 4.15. The minimum Gasteiger partial charge on any atom is -0.307 e. The smallest absolute Gasteiger partial charge is 0.139 e. The van der Waals surface area contributed by atoms with Crippen molar-refractivity contribution in [3.8, 4) is 0 Å². The van der Waals surface area contributed by atoms with E-state index >= 15 is 0 Å². The first-order valence-electron chi connectivity index (χ1n) is 4.62. The summed E-state index contributed by atoms with van der Waals surface area (Å²) in [5.74, 6) is 0.499. The molecule has 0 spiro atoms. The van der Waals surface area contributed by atoms with Crippen molar-refractivity contribution in [2.75, 3.05) is 0 Å².